The molecule has 0 saturated heterocycles. The lowest BCUT2D eigenvalue weighted by molar-refractivity contribution is -0.139. The molecule has 0 radical (unpaired) electrons. The minimum Gasteiger partial charge on any atom is -0.352 e. The van der Waals surface area contributed by atoms with Gasteiger partial charge in [-0.1, -0.05) is 66.0 Å². The van der Waals surface area contributed by atoms with Crippen LogP contribution in [0.5, 0.6) is 0 Å². The molecule has 1 atom stereocenters. The van der Waals surface area contributed by atoms with Gasteiger partial charge in [0, 0.05) is 23.4 Å². The zero-order valence-corrected chi connectivity index (χ0v) is 20.6. The predicted octanol–water partition coefficient (Wildman–Crippen LogP) is 5.52. The number of aryl methyl sites for hydroxylation is 2. The molecule has 0 unspecified atom stereocenters. The Morgan fingerprint density at radius 3 is 2.32 bits per heavy atom. The molecule has 1 N–H and O–H groups in total. The number of benzene rings is 2. The van der Waals surface area contributed by atoms with Gasteiger partial charge in [0.05, 0.1) is 5.75 Å². The smallest absolute Gasteiger partial charge is 0.243 e. The first-order chi connectivity index (χ1) is 14.7. The standard InChI is InChI=1S/C25H33ClN2O2S/c1-6-23(25(30)27-17(2)3)28(14-21-9-7-8-10-22(21)26)24(29)16-31-15-20-12-18(4)11-19(5)13-20/h7-13,17,23H,6,14-16H2,1-5H3,(H,27,30)/t23-/m1/s1. The molecule has 0 aliphatic heterocycles. The average Bonchev–Trinajstić information content (AvgIpc) is 2.68. The van der Waals surface area contributed by atoms with E-state index in [0.717, 1.165) is 11.3 Å². The molecular weight excluding hydrogens is 428 g/mol. The van der Waals surface area contributed by atoms with Gasteiger partial charge < -0.3 is 10.2 Å². The summed E-state index contributed by atoms with van der Waals surface area (Å²) in [6, 6.07) is 13.4. The molecule has 2 amide bonds. The molecule has 0 saturated carbocycles. The Kier molecular flexibility index (Phi) is 9.92. The lowest BCUT2D eigenvalue weighted by atomic mass is 10.1. The molecule has 6 heteroatoms. The zero-order valence-electron chi connectivity index (χ0n) is 19.1. The predicted molar refractivity (Wildman–Crippen MR) is 131 cm³/mol. The van der Waals surface area contributed by atoms with Gasteiger partial charge in [0.2, 0.25) is 11.8 Å². The number of nitrogens with zero attached hydrogens (tertiary/aromatic N) is 1. The monoisotopic (exact) mass is 460 g/mol. The molecule has 4 nitrogen and oxygen atoms in total. The first kappa shape index (κ1) is 25.3. The third kappa shape index (κ3) is 7.89. The van der Waals surface area contributed by atoms with Crippen LogP contribution in [-0.2, 0) is 21.9 Å². The van der Waals surface area contributed by atoms with Crippen LogP contribution in [0.4, 0.5) is 0 Å². The van der Waals surface area contributed by atoms with Gasteiger partial charge in [-0.15, -0.1) is 11.8 Å². The molecule has 168 valence electrons. The molecule has 0 fully saturated rings. The Morgan fingerprint density at radius 2 is 1.74 bits per heavy atom. The number of hydrogen-bond acceptors (Lipinski definition) is 3. The molecule has 2 aromatic carbocycles. The van der Waals surface area contributed by atoms with E-state index in [4.69, 9.17) is 11.6 Å². The van der Waals surface area contributed by atoms with Crippen molar-refractivity contribution in [3.8, 4) is 0 Å². The summed E-state index contributed by atoms with van der Waals surface area (Å²) in [5.74, 6) is 0.878. The minimum atomic E-state index is -0.534. The number of rotatable bonds is 10. The van der Waals surface area contributed by atoms with Crippen LogP contribution in [0.3, 0.4) is 0 Å². The summed E-state index contributed by atoms with van der Waals surface area (Å²) in [4.78, 5) is 27.8. The number of carbonyl (C=O) groups is 2. The van der Waals surface area contributed by atoms with E-state index in [1.165, 1.54) is 16.7 Å². The number of nitrogens with one attached hydrogen (secondary N) is 1. The maximum atomic E-state index is 13.3. The van der Waals surface area contributed by atoms with Crippen LogP contribution in [-0.4, -0.2) is 34.6 Å². The summed E-state index contributed by atoms with van der Waals surface area (Å²) in [6.45, 7) is 10.2. The molecule has 0 aliphatic carbocycles. The molecule has 0 bridgehead atoms. The SMILES string of the molecule is CC[C@H](C(=O)NC(C)C)N(Cc1ccccc1Cl)C(=O)CSCc1cc(C)cc(C)c1. The number of halogens is 1. The maximum absolute atomic E-state index is 13.3. The molecule has 31 heavy (non-hydrogen) atoms. The Bertz CT molecular complexity index is 881. The van der Waals surface area contributed by atoms with E-state index in [1.807, 2.05) is 45.0 Å². The summed E-state index contributed by atoms with van der Waals surface area (Å²) in [6.07, 6.45) is 0.538. The van der Waals surface area contributed by atoms with E-state index in [0.29, 0.717) is 23.7 Å². The summed E-state index contributed by atoms with van der Waals surface area (Å²) < 4.78 is 0. The Morgan fingerprint density at radius 1 is 1.10 bits per heavy atom. The van der Waals surface area contributed by atoms with Crippen LogP contribution in [0.1, 0.15) is 49.4 Å². The van der Waals surface area contributed by atoms with Gasteiger partial charge in [-0.2, -0.15) is 0 Å². The van der Waals surface area contributed by atoms with Gasteiger partial charge >= 0.3 is 0 Å². The Labute approximate surface area is 195 Å². The van der Waals surface area contributed by atoms with Gasteiger partial charge in [-0.25, -0.2) is 0 Å². The normalized spacial score (nSPS) is 12.0. The Hall–Kier alpha value is -1.98. The molecular formula is C25H33ClN2O2S. The summed E-state index contributed by atoms with van der Waals surface area (Å²) in [7, 11) is 0. The highest BCUT2D eigenvalue weighted by molar-refractivity contribution is 7.99. The highest BCUT2D eigenvalue weighted by Gasteiger charge is 2.29. The number of hydrogen-bond donors (Lipinski definition) is 1. The summed E-state index contributed by atoms with van der Waals surface area (Å²) in [5, 5.41) is 3.55. The fourth-order valence-electron chi connectivity index (χ4n) is 3.60. The summed E-state index contributed by atoms with van der Waals surface area (Å²) >= 11 is 7.93. The maximum Gasteiger partial charge on any atom is 0.243 e. The highest BCUT2D eigenvalue weighted by Crippen LogP contribution is 2.22. The Balaban J connectivity index is 2.16. The van der Waals surface area contributed by atoms with E-state index in [1.54, 1.807) is 16.7 Å². The molecule has 0 aliphatic rings. The van der Waals surface area contributed by atoms with Crippen LogP contribution < -0.4 is 5.32 Å². The fourth-order valence-corrected chi connectivity index (χ4v) is 4.64. The van der Waals surface area contributed by atoms with Crippen molar-refractivity contribution < 1.29 is 9.59 Å². The van der Waals surface area contributed by atoms with Crippen LogP contribution in [0.15, 0.2) is 42.5 Å². The summed E-state index contributed by atoms with van der Waals surface area (Å²) in [5.41, 5.74) is 4.49. The van der Waals surface area contributed by atoms with Crippen molar-refractivity contribution in [3.05, 3.63) is 69.7 Å². The van der Waals surface area contributed by atoms with Gasteiger partial charge in [-0.3, -0.25) is 9.59 Å². The quantitative estimate of drug-likeness (QED) is 0.507. The molecule has 0 spiro atoms. The number of thioether (sulfide) groups is 1. The lowest BCUT2D eigenvalue weighted by Crippen LogP contribution is -2.51. The van der Waals surface area contributed by atoms with E-state index in [9.17, 15) is 9.59 Å². The molecule has 2 aromatic rings. The van der Waals surface area contributed by atoms with Crippen molar-refractivity contribution >= 4 is 35.2 Å². The van der Waals surface area contributed by atoms with E-state index in [-0.39, 0.29) is 17.9 Å². The zero-order chi connectivity index (χ0) is 23.0. The van der Waals surface area contributed by atoms with Gasteiger partial charge in [0.15, 0.2) is 0 Å². The lowest BCUT2D eigenvalue weighted by Gasteiger charge is -2.31. The van der Waals surface area contributed by atoms with Crippen molar-refractivity contribution in [3.63, 3.8) is 0 Å². The van der Waals surface area contributed by atoms with E-state index >= 15 is 0 Å². The van der Waals surface area contributed by atoms with Crippen molar-refractivity contribution in [1.29, 1.82) is 0 Å². The van der Waals surface area contributed by atoms with Gasteiger partial charge in [-0.05, 0) is 51.3 Å². The van der Waals surface area contributed by atoms with E-state index in [2.05, 4.69) is 37.4 Å². The first-order valence-corrected chi connectivity index (χ1v) is 12.2. The third-order valence-electron chi connectivity index (χ3n) is 4.89. The topological polar surface area (TPSA) is 49.4 Å². The van der Waals surface area contributed by atoms with Crippen LogP contribution in [0.25, 0.3) is 0 Å². The van der Waals surface area contributed by atoms with Gasteiger partial charge in [0.25, 0.3) is 0 Å². The van der Waals surface area contributed by atoms with Crippen LogP contribution in [0.2, 0.25) is 5.02 Å². The second kappa shape index (κ2) is 12.2. The van der Waals surface area contributed by atoms with E-state index < -0.39 is 6.04 Å². The molecule has 2 rings (SSSR count). The van der Waals surface area contributed by atoms with Crippen molar-refractivity contribution in [1.82, 2.24) is 10.2 Å². The van der Waals surface area contributed by atoms with Crippen molar-refractivity contribution in [2.24, 2.45) is 0 Å². The molecule has 0 heterocycles. The number of carbonyl (C=O) groups excluding carboxylic acids is 2. The van der Waals surface area contributed by atoms with Crippen LogP contribution in [0, 0.1) is 13.8 Å². The first-order valence-electron chi connectivity index (χ1n) is 10.7. The second-order valence-electron chi connectivity index (χ2n) is 8.19. The minimum absolute atomic E-state index is 0.0118. The van der Waals surface area contributed by atoms with Gasteiger partial charge in [0.1, 0.15) is 6.04 Å². The number of amides is 2. The second-order valence-corrected chi connectivity index (χ2v) is 9.58. The molecule has 0 aromatic heterocycles. The van der Waals surface area contributed by atoms with Crippen molar-refractivity contribution in [2.45, 2.75) is 65.4 Å². The van der Waals surface area contributed by atoms with Crippen molar-refractivity contribution in [2.75, 3.05) is 5.75 Å². The highest BCUT2D eigenvalue weighted by atomic mass is 35.5. The largest absolute Gasteiger partial charge is 0.352 e. The fraction of sp³-hybridized carbons (Fsp3) is 0.440. The average molecular weight is 461 g/mol. The third-order valence-corrected chi connectivity index (χ3v) is 6.25. The van der Waals surface area contributed by atoms with Crippen LogP contribution >= 0.6 is 23.4 Å².